The van der Waals surface area contributed by atoms with Crippen LogP contribution in [-0.4, -0.2) is 258 Å². The van der Waals surface area contributed by atoms with E-state index < -0.39 is 23.8 Å². The molecule has 0 saturated carbocycles. The van der Waals surface area contributed by atoms with Gasteiger partial charge in [-0.25, -0.2) is 0 Å². The van der Waals surface area contributed by atoms with Crippen LogP contribution in [0.4, 0.5) is 0 Å². The number of phenolic OH excluding ortho intramolecular Hbond substituents is 2. The Morgan fingerprint density at radius 3 is 1.51 bits per heavy atom. The molecule has 3 heterocycles. The first-order valence-electron chi connectivity index (χ1n) is 26.2. The molecular formula is C52H78N10O15. The second-order valence-corrected chi connectivity index (χ2v) is 19.4. The lowest BCUT2D eigenvalue weighted by Gasteiger charge is -2.32. The predicted octanol–water partition coefficient (Wildman–Crippen LogP) is 0.658. The average Bonchev–Trinajstić information content (AvgIpc) is 3.82. The van der Waals surface area contributed by atoms with E-state index in [-0.39, 0.29) is 133 Å². The molecule has 426 valence electrons. The lowest BCUT2D eigenvalue weighted by molar-refractivity contribution is -0.140. The first kappa shape index (κ1) is 61.5. The Morgan fingerprint density at radius 2 is 1.05 bits per heavy atom. The molecule has 2 saturated heterocycles. The average molecular weight is 1080 g/mol. The number of aromatic hydroxyl groups is 2. The Labute approximate surface area is 449 Å². The van der Waals surface area contributed by atoms with E-state index in [1.54, 1.807) is 32.3 Å². The van der Waals surface area contributed by atoms with Crippen molar-refractivity contribution in [3.8, 4) is 28.6 Å². The summed E-state index contributed by atoms with van der Waals surface area (Å²) in [7, 11) is 0. The minimum absolute atomic E-state index is 0.00309. The fourth-order valence-corrected chi connectivity index (χ4v) is 9.04. The number of nitrogens with zero attached hydrogens (tertiary/aromatic N) is 8. The lowest BCUT2D eigenvalue weighted by atomic mass is 9.90. The molecule has 0 atom stereocenters. The van der Waals surface area contributed by atoms with Crippen LogP contribution in [-0.2, 0) is 49.3 Å². The van der Waals surface area contributed by atoms with Crippen LogP contribution < -0.4 is 10.6 Å². The molecular weight excluding hydrogens is 1000 g/mol. The molecule has 0 unspecified atom stereocenters. The second kappa shape index (κ2) is 32.4. The predicted molar refractivity (Wildman–Crippen MR) is 280 cm³/mol. The van der Waals surface area contributed by atoms with Crippen molar-refractivity contribution in [2.24, 2.45) is 5.92 Å². The van der Waals surface area contributed by atoms with Crippen molar-refractivity contribution >= 4 is 35.6 Å². The van der Waals surface area contributed by atoms with Crippen LogP contribution in [0.2, 0.25) is 0 Å². The smallest absolute Gasteiger partial charge is 0.317 e. The lowest BCUT2D eigenvalue weighted by Crippen LogP contribution is -2.50. The van der Waals surface area contributed by atoms with Crippen molar-refractivity contribution in [2.45, 2.75) is 46.0 Å². The SMILES string of the molecule is CC(=O)N1CCC(Cc2ccc(-n3c(C(=O)NCCOCCOCCOCCOCCNC(=O)CN4CCN(CC(=O)O)CCN(CC(=O)O)CCN(CC(=O)O)CC4)nnc3-c3cc(C(C)C)c(O)cc3O)cc2)CC1. The molecule has 2 aromatic carbocycles. The number of hydrogen-bond acceptors (Lipinski definition) is 18. The zero-order valence-corrected chi connectivity index (χ0v) is 44.6. The minimum Gasteiger partial charge on any atom is -0.508 e. The molecule has 0 aliphatic carbocycles. The number of nitrogens with one attached hydrogen (secondary N) is 2. The van der Waals surface area contributed by atoms with Crippen molar-refractivity contribution < 1.29 is 73.2 Å². The molecule has 2 aliphatic heterocycles. The summed E-state index contributed by atoms with van der Waals surface area (Å²) in [6.07, 6.45) is 2.70. The highest BCUT2D eigenvalue weighted by Crippen LogP contribution is 2.38. The summed E-state index contributed by atoms with van der Waals surface area (Å²) >= 11 is 0. The van der Waals surface area contributed by atoms with Crippen molar-refractivity contribution in [2.75, 3.05) is 158 Å². The van der Waals surface area contributed by atoms with Gasteiger partial charge in [0.2, 0.25) is 17.6 Å². The first-order chi connectivity index (χ1) is 37.0. The van der Waals surface area contributed by atoms with E-state index in [4.69, 9.17) is 18.9 Å². The van der Waals surface area contributed by atoms with Gasteiger partial charge in [0.05, 0.1) is 84.6 Å². The number of aliphatic carboxylic acids is 3. The largest absolute Gasteiger partial charge is 0.508 e. The van der Waals surface area contributed by atoms with E-state index in [1.807, 2.05) is 47.9 Å². The topological polar surface area (TPSA) is 311 Å². The molecule has 2 aliphatic rings. The maximum absolute atomic E-state index is 13.6. The highest BCUT2D eigenvalue weighted by atomic mass is 16.6. The van der Waals surface area contributed by atoms with Gasteiger partial charge in [-0.2, -0.15) is 0 Å². The third-order valence-corrected chi connectivity index (χ3v) is 13.2. The molecule has 25 heteroatoms. The number of ether oxygens (including phenoxy) is 4. The molecule has 1 aromatic heterocycles. The second-order valence-electron chi connectivity index (χ2n) is 19.4. The van der Waals surface area contributed by atoms with Gasteiger partial charge in [0.15, 0.2) is 5.82 Å². The Kier molecular flexibility index (Phi) is 25.9. The van der Waals surface area contributed by atoms with Gasteiger partial charge < -0.3 is 60.0 Å². The first-order valence-corrected chi connectivity index (χ1v) is 26.2. The molecule has 3 aromatic rings. The number of carbonyl (C=O) groups is 6. The summed E-state index contributed by atoms with van der Waals surface area (Å²) < 4.78 is 24.0. The van der Waals surface area contributed by atoms with E-state index in [1.165, 1.54) is 6.07 Å². The standard InChI is InChI=1S/C52H78N10O15/c1-37(2)42-31-43(45(65)32-44(42)64)50-55-56-51(62(50)41-6-4-39(5-7-41)30-40-8-12-61(13-9-40)38(3)63)52(73)54-11-23-75-25-27-77-29-28-76-26-24-74-22-10-53-46(66)33-57-14-16-58(34-47(67)68)18-20-60(36-49(71)72)21-19-59(17-15-57)35-48(69)70/h4-7,31-32,37,40,64-65H,8-30,33-36H2,1-3H3,(H,53,66)(H,54,73)(H,67,68)(H,69,70)(H,71,72). The number of aromatic nitrogens is 3. The quantitative estimate of drug-likeness (QED) is 0.0470. The summed E-state index contributed by atoms with van der Waals surface area (Å²) in [5.74, 6) is -3.44. The number of hydrogen-bond donors (Lipinski definition) is 7. The van der Waals surface area contributed by atoms with Crippen LogP contribution in [0, 0.1) is 5.92 Å². The number of piperidine rings is 1. The molecule has 25 nitrogen and oxygen atoms in total. The van der Waals surface area contributed by atoms with E-state index >= 15 is 0 Å². The molecule has 0 spiro atoms. The number of amides is 3. The third-order valence-electron chi connectivity index (χ3n) is 13.2. The van der Waals surface area contributed by atoms with Gasteiger partial charge in [-0.1, -0.05) is 26.0 Å². The molecule has 2 fully saturated rings. The Balaban J connectivity index is 0.971. The van der Waals surface area contributed by atoms with Gasteiger partial charge in [0.25, 0.3) is 5.91 Å². The number of carboxylic acid groups (broad SMARTS) is 3. The van der Waals surface area contributed by atoms with Gasteiger partial charge in [0, 0.05) is 97.2 Å². The normalized spacial score (nSPS) is 16.0. The third kappa shape index (κ3) is 21.6. The summed E-state index contributed by atoms with van der Waals surface area (Å²) in [4.78, 5) is 81.7. The monoisotopic (exact) mass is 1080 g/mol. The van der Waals surface area contributed by atoms with Crippen LogP contribution in [0.25, 0.3) is 17.1 Å². The number of carbonyl (C=O) groups excluding carboxylic acids is 3. The summed E-state index contributed by atoms with van der Waals surface area (Å²) in [5, 5.41) is 64.1. The minimum atomic E-state index is -1.03. The van der Waals surface area contributed by atoms with E-state index in [2.05, 4.69) is 20.8 Å². The molecule has 3 amide bonds. The van der Waals surface area contributed by atoms with Crippen molar-refractivity contribution in [3.63, 3.8) is 0 Å². The van der Waals surface area contributed by atoms with Crippen LogP contribution in [0.1, 0.15) is 61.3 Å². The number of phenols is 2. The fraction of sp³-hybridized carbons (Fsp3) is 0.615. The van der Waals surface area contributed by atoms with Crippen LogP contribution in [0.3, 0.4) is 0 Å². The summed E-state index contributed by atoms with van der Waals surface area (Å²) in [5.41, 5.74) is 2.62. The fourth-order valence-electron chi connectivity index (χ4n) is 9.04. The maximum Gasteiger partial charge on any atom is 0.317 e. The number of carboxylic acids is 3. The molecule has 5 rings (SSSR count). The molecule has 77 heavy (non-hydrogen) atoms. The molecule has 0 bridgehead atoms. The van der Waals surface area contributed by atoms with Gasteiger partial charge in [0.1, 0.15) is 11.5 Å². The van der Waals surface area contributed by atoms with Crippen LogP contribution in [0.5, 0.6) is 11.5 Å². The number of likely N-dealkylation sites (tertiary alicyclic amines) is 1. The van der Waals surface area contributed by atoms with Gasteiger partial charge >= 0.3 is 17.9 Å². The van der Waals surface area contributed by atoms with Gasteiger partial charge in [-0.3, -0.25) is 52.9 Å². The van der Waals surface area contributed by atoms with E-state index in [9.17, 15) is 54.3 Å². The van der Waals surface area contributed by atoms with Crippen molar-refractivity contribution in [1.29, 1.82) is 0 Å². The van der Waals surface area contributed by atoms with Crippen LogP contribution >= 0.6 is 0 Å². The zero-order chi connectivity index (χ0) is 55.7. The summed E-state index contributed by atoms with van der Waals surface area (Å²) in [6.45, 7) is 11.2. The molecule has 7 N–H and O–H groups in total. The van der Waals surface area contributed by atoms with E-state index in [0.717, 1.165) is 37.9 Å². The highest BCUT2D eigenvalue weighted by Gasteiger charge is 2.26. The highest BCUT2D eigenvalue weighted by molar-refractivity contribution is 5.92. The number of benzene rings is 2. The van der Waals surface area contributed by atoms with Crippen molar-refractivity contribution in [3.05, 3.63) is 53.3 Å². The van der Waals surface area contributed by atoms with E-state index in [0.29, 0.717) is 75.3 Å². The van der Waals surface area contributed by atoms with Crippen molar-refractivity contribution in [1.82, 2.24) is 49.9 Å². The Morgan fingerprint density at radius 1 is 0.597 bits per heavy atom. The summed E-state index contributed by atoms with van der Waals surface area (Å²) in [6, 6.07) is 10.7. The number of rotatable bonds is 29. The zero-order valence-electron chi connectivity index (χ0n) is 44.6. The van der Waals surface area contributed by atoms with Gasteiger partial charge in [-0.05, 0) is 60.4 Å². The Hall–Kier alpha value is -6.32. The van der Waals surface area contributed by atoms with Gasteiger partial charge in [-0.15, -0.1) is 10.2 Å². The molecule has 0 radical (unpaired) electrons. The maximum atomic E-state index is 13.6. The van der Waals surface area contributed by atoms with Crippen LogP contribution in [0.15, 0.2) is 36.4 Å². The Bertz CT molecular complexity index is 2330.